The van der Waals surface area contributed by atoms with Crippen molar-refractivity contribution in [2.75, 3.05) is 6.54 Å². The molecule has 0 spiro atoms. The summed E-state index contributed by atoms with van der Waals surface area (Å²) in [6.45, 7) is 2.93. The van der Waals surface area contributed by atoms with Gasteiger partial charge in [0.05, 0.1) is 6.10 Å². The van der Waals surface area contributed by atoms with Gasteiger partial charge in [0.15, 0.2) is 0 Å². The Labute approximate surface area is 115 Å². The molecule has 0 radical (unpaired) electrons. The largest absolute Gasteiger partial charge is 0.455 e. The fraction of sp³-hybridized carbons (Fsp3) is 0.500. The zero-order valence-electron chi connectivity index (χ0n) is 10.4. The maximum atomic E-state index is 11.9. The SMILES string of the molecule is C=CC(=O)NCC(=O)OC1C2=CC3C(C2)OS(=O)(=O)C13. The summed E-state index contributed by atoms with van der Waals surface area (Å²) in [6, 6.07) is 0. The van der Waals surface area contributed by atoms with Crippen LogP contribution in [0.2, 0.25) is 0 Å². The number of ether oxygens (including phenoxy) is 1. The van der Waals surface area contributed by atoms with Gasteiger partial charge in [-0.05, 0) is 11.6 Å². The summed E-state index contributed by atoms with van der Waals surface area (Å²) in [7, 11) is -3.69. The van der Waals surface area contributed by atoms with Gasteiger partial charge in [-0.25, -0.2) is 0 Å². The van der Waals surface area contributed by atoms with Gasteiger partial charge >= 0.3 is 5.97 Å². The third-order valence-electron chi connectivity index (χ3n) is 3.76. The molecule has 2 bridgehead atoms. The van der Waals surface area contributed by atoms with Crippen molar-refractivity contribution in [3.63, 3.8) is 0 Å². The van der Waals surface area contributed by atoms with E-state index in [1.807, 2.05) is 6.08 Å². The van der Waals surface area contributed by atoms with Gasteiger partial charge in [0.25, 0.3) is 10.1 Å². The van der Waals surface area contributed by atoms with Crippen molar-refractivity contribution in [2.24, 2.45) is 5.92 Å². The zero-order chi connectivity index (χ0) is 14.5. The molecule has 0 saturated carbocycles. The van der Waals surface area contributed by atoms with Gasteiger partial charge in [0, 0.05) is 12.3 Å². The average Bonchev–Trinajstić information content (AvgIpc) is 2.96. The van der Waals surface area contributed by atoms with Crippen LogP contribution in [0.5, 0.6) is 0 Å². The number of esters is 1. The first-order chi connectivity index (χ1) is 9.42. The van der Waals surface area contributed by atoms with Crippen molar-refractivity contribution in [1.29, 1.82) is 0 Å². The lowest BCUT2D eigenvalue weighted by atomic mass is 9.93. The highest BCUT2D eigenvalue weighted by atomic mass is 32.2. The van der Waals surface area contributed by atoms with Crippen molar-refractivity contribution < 1.29 is 26.9 Å². The molecular weight excluding hydrogens is 286 g/mol. The van der Waals surface area contributed by atoms with E-state index in [0.717, 1.165) is 11.6 Å². The number of carbonyl (C=O) groups excluding carboxylic acids is 2. The summed E-state index contributed by atoms with van der Waals surface area (Å²) >= 11 is 0. The van der Waals surface area contributed by atoms with Gasteiger partial charge in [0.1, 0.15) is 17.9 Å². The molecule has 1 heterocycles. The summed E-state index contributed by atoms with van der Waals surface area (Å²) in [5.74, 6) is -1.40. The van der Waals surface area contributed by atoms with Crippen LogP contribution >= 0.6 is 0 Å². The van der Waals surface area contributed by atoms with Crippen molar-refractivity contribution in [3.8, 4) is 0 Å². The van der Waals surface area contributed by atoms with Gasteiger partial charge in [-0.2, -0.15) is 8.42 Å². The van der Waals surface area contributed by atoms with Crippen LogP contribution in [0.1, 0.15) is 6.42 Å². The third-order valence-corrected chi connectivity index (χ3v) is 5.50. The molecule has 3 rings (SSSR count). The fourth-order valence-corrected chi connectivity index (χ4v) is 4.80. The molecule has 1 saturated heterocycles. The lowest BCUT2D eigenvalue weighted by Gasteiger charge is -2.24. The highest BCUT2D eigenvalue weighted by Gasteiger charge is 2.62. The van der Waals surface area contributed by atoms with E-state index >= 15 is 0 Å². The molecule has 4 atom stereocenters. The molecule has 1 amide bonds. The Hall–Kier alpha value is -1.67. The van der Waals surface area contributed by atoms with Gasteiger partial charge in [-0.1, -0.05) is 12.7 Å². The highest BCUT2D eigenvalue weighted by Crippen LogP contribution is 2.51. The Morgan fingerprint density at radius 1 is 1.55 bits per heavy atom. The zero-order valence-corrected chi connectivity index (χ0v) is 11.3. The molecule has 8 heteroatoms. The van der Waals surface area contributed by atoms with Crippen LogP contribution in [0.15, 0.2) is 24.3 Å². The second-order valence-electron chi connectivity index (χ2n) is 4.95. The first-order valence-corrected chi connectivity index (χ1v) is 7.62. The van der Waals surface area contributed by atoms with Crippen molar-refractivity contribution in [3.05, 3.63) is 24.3 Å². The number of amides is 1. The Morgan fingerprint density at radius 2 is 2.30 bits per heavy atom. The third kappa shape index (κ3) is 1.95. The van der Waals surface area contributed by atoms with Crippen molar-refractivity contribution in [1.82, 2.24) is 5.32 Å². The minimum Gasteiger partial charge on any atom is -0.455 e. The average molecular weight is 299 g/mol. The lowest BCUT2D eigenvalue weighted by Crippen LogP contribution is -2.40. The van der Waals surface area contributed by atoms with E-state index in [1.165, 1.54) is 0 Å². The van der Waals surface area contributed by atoms with Crippen LogP contribution in [0.4, 0.5) is 0 Å². The smallest absolute Gasteiger partial charge is 0.326 e. The van der Waals surface area contributed by atoms with Crippen LogP contribution in [-0.4, -0.2) is 44.3 Å². The van der Waals surface area contributed by atoms with Crippen LogP contribution in [-0.2, 0) is 28.6 Å². The summed E-state index contributed by atoms with van der Waals surface area (Å²) < 4.78 is 33.9. The molecule has 4 unspecified atom stereocenters. The molecule has 0 aromatic carbocycles. The van der Waals surface area contributed by atoms with E-state index in [1.54, 1.807) is 0 Å². The summed E-state index contributed by atoms with van der Waals surface area (Å²) in [6.07, 6.45) is 2.19. The summed E-state index contributed by atoms with van der Waals surface area (Å²) in [5, 5.41) is 1.44. The number of nitrogens with one attached hydrogen (secondary N) is 1. The molecule has 20 heavy (non-hydrogen) atoms. The topological polar surface area (TPSA) is 98.8 Å². The van der Waals surface area contributed by atoms with Gasteiger partial charge < -0.3 is 10.1 Å². The number of carbonyl (C=O) groups is 2. The molecule has 0 aromatic rings. The molecule has 2 aliphatic carbocycles. The van der Waals surface area contributed by atoms with E-state index in [0.29, 0.717) is 6.42 Å². The van der Waals surface area contributed by atoms with Gasteiger partial charge in [-0.15, -0.1) is 0 Å². The van der Waals surface area contributed by atoms with Gasteiger partial charge in [-0.3, -0.25) is 13.8 Å². The standard InChI is InChI=1S/C12H13NO6S/c1-2-9(14)13-5-10(15)18-11-6-3-7-8(4-6)19-20(16,17)12(7)11/h2-3,7-8,11-12H,1,4-5H2,(H,13,14). The minimum atomic E-state index is -3.69. The number of hydrogen-bond donors (Lipinski definition) is 1. The maximum Gasteiger partial charge on any atom is 0.326 e. The lowest BCUT2D eigenvalue weighted by molar-refractivity contribution is -0.147. The first-order valence-electron chi connectivity index (χ1n) is 6.15. The Balaban J connectivity index is 1.67. The van der Waals surface area contributed by atoms with Crippen LogP contribution < -0.4 is 5.32 Å². The predicted octanol–water partition coefficient (Wildman–Crippen LogP) is -0.742. The molecule has 7 nitrogen and oxygen atoms in total. The highest BCUT2D eigenvalue weighted by molar-refractivity contribution is 7.87. The van der Waals surface area contributed by atoms with E-state index in [-0.39, 0.29) is 18.6 Å². The summed E-state index contributed by atoms with van der Waals surface area (Å²) in [4.78, 5) is 22.6. The van der Waals surface area contributed by atoms with Crippen LogP contribution in [0, 0.1) is 5.92 Å². The molecule has 0 aromatic heterocycles. The molecule has 1 N–H and O–H groups in total. The minimum absolute atomic E-state index is 0.226. The normalized spacial score (nSPS) is 35.5. The van der Waals surface area contributed by atoms with E-state index in [2.05, 4.69) is 11.9 Å². The van der Waals surface area contributed by atoms with E-state index < -0.39 is 33.3 Å². The Bertz CT molecular complexity index is 622. The molecular formula is C12H13NO6S. The second kappa shape index (κ2) is 4.42. The molecule has 3 aliphatic rings. The monoisotopic (exact) mass is 299 g/mol. The molecule has 108 valence electrons. The fourth-order valence-electron chi connectivity index (χ4n) is 2.96. The molecule has 1 fully saturated rings. The predicted molar refractivity (Wildman–Crippen MR) is 66.9 cm³/mol. The first kappa shape index (κ1) is 13.3. The maximum absolute atomic E-state index is 11.9. The Morgan fingerprint density at radius 3 is 3.00 bits per heavy atom. The Kier molecular flexibility index (Phi) is 2.94. The number of hydrogen-bond acceptors (Lipinski definition) is 6. The van der Waals surface area contributed by atoms with Crippen molar-refractivity contribution >= 4 is 22.0 Å². The van der Waals surface area contributed by atoms with Crippen molar-refractivity contribution in [2.45, 2.75) is 23.9 Å². The van der Waals surface area contributed by atoms with E-state index in [9.17, 15) is 18.0 Å². The second-order valence-corrected chi connectivity index (χ2v) is 6.67. The number of rotatable bonds is 4. The van der Waals surface area contributed by atoms with E-state index in [4.69, 9.17) is 8.92 Å². The summed E-state index contributed by atoms with van der Waals surface area (Å²) in [5.41, 5.74) is 0.787. The van der Waals surface area contributed by atoms with Gasteiger partial charge in [0.2, 0.25) is 5.91 Å². The molecule has 1 aliphatic heterocycles. The quantitative estimate of drug-likeness (QED) is 0.318. The van der Waals surface area contributed by atoms with Crippen LogP contribution in [0.25, 0.3) is 0 Å². The van der Waals surface area contributed by atoms with Crippen LogP contribution in [0.3, 0.4) is 0 Å².